The van der Waals surface area contributed by atoms with E-state index >= 15 is 0 Å². The Morgan fingerprint density at radius 2 is 2.16 bits per heavy atom. The minimum Gasteiger partial charge on any atom is -0.375 e. The van der Waals surface area contributed by atoms with Crippen molar-refractivity contribution in [3.63, 3.8) is 0 Å². The van der Waals surface area contributed by atoms with Crippen molar-refractivity contribution in [2.45, 2.75) is 13.0 Å². The molecule has 0 aliphatic carbocycles. The summed E-state index contributed by atoms with van der Waals surface area (Å²) in [6.07, 6.45) is 0. The maximum absolute atomic E-state index is 11.4. The number of amides is 1. The van der Waals surface area contributed by atoms with E-state index in [1.807, 2.05) is 6.92 Å². The molecule has 0 unspecified atom stereocenters. The molecule has 1 aromatic carbocycles. The molecule has 2 N–H and O–H groups in total. The van der Waals surface area contributed by atoms with Crippen molar-refractivity contribution in [1.29, 1.82) is 0 Å². The molecule has 2 rings (SSSR count). The monoisotopic (exact) mass is 301 g/mol. The SMILES string of the molecule is COCC(=O)N[C@H](C)c1nc2cc(Cl)c(Cl)cc2[nH]1. The van der Waals surface area contributed by atoms with Crippen molar-refractivity contribution >= 4 is 40.1 Å². The zero-order valence-corrected chi connectivity index (χ0v) is 12.0. The molecule has 0 saturated heterocycles. The van der Waals surface area contributed by atoms with E-state index in [-0.39, 0.29) is 18.6 Å². The van der Waals surface area contributed by atoms with Crippen LogP contribution in [0, 0.1) is 0 Å². The normalized spacial score (nSPS) is 12.6. The molecule has 0 saturated carbocycles. The van der Waals surface area contributed by atoms with Gasteiger partial charge in [0.15, 0.2) is 0 Å². The first-order valence-corrected chi connectivity index (χ1v) is 6.40. The molecule has 0 aliphatic rings. The Morgan fingerprint density at radius 3 is 2.84 bits per heavy atom. The van der Waals surface area contributed by atoms with Crippen molar-refractivity contribution < 1.29 is 9.53 Å². The maximum atomic E-state index is 11.4. The number of methoxy groups -OCH3 is 1. The minimum absolute atomic E-state index is 0.0161. The first-order valence-electron chi connectivity index (χ1n) is 5.64. The number of aromatic amines is 1. The lowest BCUT2D eigenvalue weighted by Gasteiger charge is -2.10. The quantitative estimate of drug-likeness (QED) is 0.912. The van der Waals surface area contributed by atoms with Crippen LogP contribution in [0.15, 0.2) is 12.1 Å². The van der Waals surface area contributed by atoms with Gasteiger partial charge in [0.1, 0.15) is 12.4 Å². The molecule has 102 valence electrons. The van der Waals surface area contributed by atoms with Crippen LogP contribution in [0.4, 0.5) is 0 Å². The highest BCUT2D eigenvalue weighted by Crippen LogP contribution is 2.27. The van der Waals surface area contributed by atoms with Crippen molar-refractivity contribution in [3.8, 4) is 0 Å². The number of hydrogen-bond donors (Lipinski definition) is 2. The van der Waals surface area contributed by atoms with E-state index < -0.39 is 0 Å². The number of hydrogen-bond acceptors (Lipinski definition) is 3. The molecule has 7 heteroatoms. The summed E-state index contributed by atoms with van der Waals surface area (Å²) in [6.45, 7) is 1.84. The van der Waals surface area contributed by atoms with E-state index in [1.165, 1.54) is 7.11 Å². The van der Waals surface area contributed by atoms with E-state index in [9.17, 15) is 4.79 Å². The Kier molecular flexibility index (Phi) is 4.29. The smallest absolute Gasteiger partial charge is 0.246 e. The van der Waals surface area contributed by atoms with Crippen LogP contribution < -0.4 is 5.32 Å². The zero-order chi connectivity index (χ0) is 14.0. The van der Waals surface area contributed by atoms with Crippen LogP contribution in [0.3, 0.4) is 0 Å². The third-order valence-electron chi connectivity index (χ3n) is 2.61. The van der Waals surface area contributed by atoms with Gasteiger partial charge in [-0.25, -0.2) is 4.98 Å². The molecule has 1 aromatic heterocycles. The Balaban J connectivity index is 2.23. The van der Waals surface area contributed by atoms with Crippen LogP contribution in [0.5, 0.6) is 0 Å². The summed E-state index contributed by atoms with van der Waals surface area (Å²) in [5, 5.41) is 3.67. The highest BCUT2D eigenvalue weighted by atomic mass is 35.5. The lowest BCUT2D eigenvalue weighted by atomic mass is 10.3. The van der Waals surface area contributed by atoms with Gasteiger partial charge in [-0.1, -0.05) is 23.2 Å². The predicted molar refractivity (Wildman–Crippen MR) is 74.5 cm³/mol. The van der Waals surface area contributed by atoms with E-state index in [0.717, 1.165) is 5.52 Å². The standard InChI is InChI=1S/C12H13Cl2N3O2/c1-6(15-11(18)5-19-2)12-16-9-3-7(13)8(14)4-10(9)17-12/h3-4,6H,5H2,1-2H3,(H,15,18)(H,16,17)/t6-/m1/s1. The number of halogens is 2. The summed E-state index contributed by atoms with van der Waals surface area (Å²) in [5.74, 6) is 0.435. The fraction of sp³-hybridized carbons (Fsp3) is 0.333. The van der Waals surface area contributed by atoms with Crippen LogP contribution in [-0.4, -0.2) is 29.6 Å². The second-order valence-electron chi connectivity index (χ2n) is 4.13. The number of nitrogens with one attached hydrogen (secondary N) is 2. The molecule has 2 aromatic rings. The van der Waals surface area contributed by atoms with Gasteiger partial charge in [-0.15, -0.1) is 0 Å². The lowest BCUT2D eigenvalue weighted by Crippen LogP contribution is -2.30. The molecule has 0 aliphatic heterocycles. The van der Waals surface area contributed by atoms with Gasteiger partial charge in [0, 0.05) is 7.11 Å². The van der Waals surface area contributed by atoms with E-state index in [4.69, 9.17) is 27.9 Å². The van der Waals surface area contributed by atoms with Gasteiger partial charge in [-0.3, -0.25) is 4.79 Å². The van der Waals surface area contributed by atoms with Gasteiger partial charge in [0.2, 0.25) is 5.91 Å². The minimum atomic E-state index is -0.257. The summed E-state index contributed by atoms with van der Waals surface area (Å²) in [6, 6.07) is 3.13. The number of fused-ring (bicyclic) bond motifs is 1. The van der Waals surface area contributed by atoms with Crippen LogP contribution in [-0.2, 0) is 9.53 Å². The molecule has 0 bridgehead atoms. The molecule has 1 amide bonds. The summed E-state index contributed by atoms with van der Waals surface area (Å²) in [5.41, 5.74) is 1.48. The average molecular weight is 302 g/mol. The van der Waals surface area contributed by atoms with Gasteiger partial charge in [0.25, 0.3) is 0 Å². The number of benzene rings is 1. The van der Waals surface area contributed by atoms with Gasteiger partial charge >= 0.3 is 0 Å². The van der Waals surface area contributed by atoms with Crippen LogP contribution in [0.25, 0.3) is 11.0 Å². The molecule has 0 spiro atoms. The molecular formula is C12H13Cl2N3O2. The molecule has 0 radical (unpaired) electrons. The van der Waals surface area contributed by atoms with Crippen LogP contribution in [0.1, 0.15) is 18.8 Å². The Bertz CT molecular complexity index is 573. The van der Waals surface area contributed by atoms with Gasteiger partial charge in [-0.2, -0.15) is 0 Å². The number of nitrogens with zero attached hydrogens (tertiary/aromatic N) is 1. The summed E-state index contributed by atoms with van der Waals surface area (Å²) < 4.78 is 4.75. The van der Waals surface area contributed by atoms with Crippen molar-refractivity contribution in [2.24, 2.45) is 0 Å². The number of carbonyl (C=O) groups excluding carboxylic acids is 1. The fourth-order valence-corrected chi connectivity index (χ4v) is 2.03. The highest BCUT2D eigenvalue weighted by Gasteiger charge is 2.14. The molecule has 19 heavy (non-hydrogen) atoms. The van der Waals surface area contributed by atoms with Crippen molar-refractivity contribution in [3.05, 3.63) is 28.0 Å². The fourth-order valence-electron chi connectivity index (χ4n) is 1.71. The second-order valence-corrected chi connectivity index (χ2v) is 4.94. The highest BCUT2D eigenvalue weighted by molar-refractivity contribution is 6.42. The molecule has 0 fully saturated rings. The molecule has 1 atom stereocenters. The van der Waals surface area contributed by atoms with Gasteiger partial charge in [0.05, 0.1) is 27.1 Å². The third-order valence-corrected chi connectivity index (χ3v) is 3.33. The van der Waals surface area contributed by atoms with Crippen LogP contribution >= 0.6 is 23.2 Å². The van der Waals surface area contributed by atoms with Crippen LogP contribution in [0.2, 0.25) is 10.0 Å². The Labute approximate surface area is 120 Å². The summed E-state index contributed by atoms with van der Waals surface area (Å²) >= 11 is 11.9. The largest absolute Gasteiger partial charge is 0.375 e. The number of carbonyl (C=O) groups is 1. The number of aromatic nitrogens is 2. The summed E-state index contributed by atoms with van der Waals surface area (Å²) in [4.78, 5) is 18.9. The first-order chi connectivity index (χ1) is 9.01. The van der Waals surface area contributed by atoms with Crippen molar-refractivity contribution in [2.75, 3.05) is 13.7 Å². The predicted octanol–water partition coefficient (Wildman–Crippen LogP) is 2.69. The number of rotatable bonds is 4. The average Bonchev–Trinajstić information content (AvgIpc) is 2.73. The maximum Gasteiger partial charge on any atom is 0.246 e. The molecule has 1 heterocycles. The topological polar surface area (TPSA) is 67.0 Å². The molecule has 5 nitrogen and oxygen atoms in total. The van der Waals surface area contributed by atoms with E-state index in [2.05, 4.69) is 15.3 Å². The Morgan fingerprint density at radius 1 is 1.47 bits per heavy atom. The summed E-state index contributed by atoms with van der Waals surface area (Å²) in [7, 11) is 1.47. The number of H-pyrrole nitrogens is 1. The Hall–Kier alpha value is -1.30. The second kappa shape index (κ2) is 5.77. The first kappa shape index (κ1) is 14.1. The van der Waals surface area contributed by atoms with E-state index in [0.29, 0.717) is 21.4 Å². The zero-order valence-electron chi connectivity index (χ0n) is 10.5. The molecular weight excluding hydrogens is 289 g/mol. The van der Waals surface area contributed by atoms with Crippen molar-refractivity contribution in [1.82, 2.24) is 15.3 Å². The lowest BCUT2D eigenvalue weighted by molar-refractivity contribution is -0.125. The van der Waals surface area contributed by atoms with E-state index in [1.54, 1.807) is 12.1 Å². The third kappa shape index (κ3) is 3.18. The van der Waals surface area contributed by atoms with Gasteiger partial charge < -0.3 is 15.0 Å². The number of imidazole rings is 1. The number of ether oxygens (including phenoxy) is 1. The van der Waals surface area contributed by atoms with Gasteiger partial charge in [-0.05, 0) is 19.1 Å².